The molecule has 0 bridgehead atoms. The molecule has 0 saturated heterocycles. The van der Waals surface area contributed by atoms with Crippen LogP contribution in [0.15, 0.2) is 73.3 Å². The van der Waals surface area contributed by atoms with E-state index in [0.717, 1.165) is 5.56 Å². The molecule has 0 aliphatic carbocycles. The number of hydrogen-bond donors (Lipinski definition) is 0. The number of aryl methyl sites for hydroxylation is 2. The summed E-state index contributed by atoms with van der Waals surface area (Å²) in [5, 5.41) is 2.54. The van der Waals surface area contributed by atoms with Crippen LogP contribution in [0, 0.1) is 13.8 Å². The monoisotopic (exact) mass is 350 g/mol. The van der Waals surface area contributed by atoms with Gasteiger partial charge in [-0.1, -0.05) is 36.4 Å². The summed E-state index contributed by atoms with van der Waals surface area (Å²) < 4.78 is 2.37. The van der Waals surface area contributed by atoms with Gasteiger partial charge in [0, 0.05) is 16.3 Å². The number of hydrogen-bond acceptors (Lipinski definition) is 3. The Kier molecular flexibility index (Phi) is 3.50. The van der Waals surface area contributed by atoms with E-state index in [2.05, 4.69) is 94.0 Å². The molecule has 130 valence electrons. The molecular weight excluding hydrogens is 332 g/mol. The van der Waals surface area contributed by atoms with E-state index in [9.17, 15) is 0 Å². The van der Waals surface area contributed by atoms with Crippen molar-refractivity contribution in [1.29, 1.82) is 0 Å². The second-order valence-corrected chi connectivity index (χ2v) is 6.79. The number of rotatable bonds is 2. The summed E-state index contributed by atoms with van der Waals surface area (Å²) in [6.07, 6.45) is 3.07. The molecule has 0 fully saturated rings. The third-order valence-electron chi connectivity index (χ3n) is 5.05. The fraction of sp³-hybridized carbons (Fsp3) is 0.0870. The highest BCUT2D eigenvalue weighted by Gasteiger charge is 2.16. The third kappa shape index (κ3) is 2.41. The fourth-order valence-electron chi connectivity index (χ4n) is 3.99. The Morgan fingerprint density at radius 1 is 0.704 bits per heavy atom. The Morgan fingerprint density at radius 2 is 1.22 bits per heavy atom. The first-order chi connectivity index (χ1) is 13.2. The van der Waals surface area contributed by atoms with E-state index in [4.69, 9.17) is 0 Å². The van der Waals surface area contributed by atoms with Crippen LogP contribution in [0.2, 0.25) is 0 Å². The number of benzene rings is 3. The minimum Gasteiger partial charge on any atom is -0.309 e. The van der Waals surface area contributed by atoms with Gasteiger partial charge in [-0.05, 0) is 49.2 Å². The van der Waals surface area contributed by atoms with Crippen LogP contribution in [0.25, 0.3) is 38.9 Å². The molecule has 0 unspecified atom stereocenters. The molecule has 0 aliphatic heterocycles. The van der Waals surface area contributed by atoms with Gasteiger partial charge >= 0.3 is 0 Å². The Bertz CT molecular complexity index is 1210. The van der Waals surface area contributed by atoms with Crippen molar-refractivity contribution in [2.24, 2.45) is 0 Å². The quantitative estimate of drug-likeness (QED) is 0.436. The van der Waals surface area contributed by atoms with E-state index in [1.54, 1.807) is 0 Å². The third-order valence-corrected chi connectivity index (χ3v) is 5.05. The van der Waals surface area contributed by atoms with Crippen molar-refractivity contribution < 1.29 is 0 Å². The highest BCUT2D eigenvalue weighted by Crippen LogP contribution is 2.35. The zero-order valence-electron chi connectivity index (χ0n) is 15.2. The SMILES string of the molecule is Cc1cc(-c2ncncn2)cc(C)c1-n1c2ccccc2c2ccccc21. The molecule has 27 heavy (non-hydrogen) atoms. The summed E-state index contributed by atoms with van der Waals surface area (Å²) in [7, 11) is 0. The first-order valence-corrected chi connectivity index (χ1v) is 8.96. The van der Waals surface area contributed by atoms with Crippen LogP contribution < -0.4 is 0 Å². The van der Waals surface area contributed by atoms with E-state index < -0.39 is 0 Å². The normalized spacial score (nSPS) is 11.3. The second-order valence-electron chi connectivity index (χ2n) is 6.79. The lowest BCUT2D eigenvalue weighted by atomic mass is 10.0. The van der Waals surface area contributed by atoms with Crippen LogP contribution in [-0.4, -0.2) is 19.5 Å². The molecule has 2 aromatic heterocycles. The fourth-order valence-corrected chi connectivity index (χ4v) is 3.99. The largest absolute Gasteiger partial charge is 0.309 e. The van der Waals surface area contributed by atoms with Crippen molar-refractivity contribution in [1.82, 2.24) is 19.5 Å². The van der Waals surface area contributed by atoms with Gasteiger partial charge in [0.1, 0.15) is 12.7 Å². The van der Waals surface area contributed by atoms with Gasteiger partial charge in [-0.2, -0.15) is 0 Å². The summed E-state index contributed by atoms with van der Waals surface area (Å²) in [5.41, 5.74) is 7.05. The Balaban J connectivity index is 1.83. The zero-order chi connectivity index (χ0) is 18.4. The van der Waals surface area contributed by atoms with Crippen LogP contribution in [-0.2, 0) is 0 Å². The van der Waals surface area contributed by atoms with Gasteiger partial charge in [-0.25, -0.2) is 15.0 Å². The van der Waals surface area contributed by atoms with Crippen LogP contribution in [0.1, 0.15) is 11.1 Å². The highest BCUT2D eigenvalue weighted by atomic mass is 15.0. The van der Waals surface area contributed by atoms with E-state index in [0.29, 0.717) is 5.82 Å². The lowest BCUT2D eigenvalue weighted by Gasteiger charge is -2.16. The number of aromatic nitrogens is 4. The van der Waals surface area contributed by atoms with E-state index in [1.807, 2.05) is 0 Å². The molecule has 4 heteroatoms. The van der Waals surface area contributed by atoms with E-state index in [1.165, 1.54) is 51.3 Å². The van der Waals surface area contributed by atoms with Gasteiger partial charge in [-0.3, -0.25) is 0 Å². The smallest absolute Gasteiger partial charge is 0.162 e. The molecule has 0 saturated carbocycles. The maximum atomic E-state index is 4.29. The number of nitrogens with zero attached hydrogens (tertiary/aromatic N) is 4. The Hall–Kier alpha value is -3.53. The van der Waals surface area contributed by atoms with Crippen molar-refractivity contribution in [3.63, 3.8) is 0 Å². The molecule has 0 amide bonds. The molecule has 5 rings (SSSR count). The van der Waals surface area contributed by atoms with Crippen molar-refractivity contribution in [2.45, 2.75) is 13.8 Å². The molecule has 2 heterocycles. The molecular formula is C23H18N4. The van der Waals surface area contributed by atoms with Crippen molar-refractivity contribution in [3.8, 4) is 17.1 Å². The topological polar surface area (TPSA) is 43.6 Å². The standard InChI is InChI=1S/C23H18N4/c1-15-11-17(23-25-13-24-14-26-23)12-16(2)22(15)27-20-9-5-3-7-18(20)19-8-4-6-10-21(19)27/h3-14H,1-2H3. The van der Waals surface area contributed by atoms with Crippen molar-refractivity contribution >= 4 is 21.8 Å². The molecule has 0 radical (unpaired) electrons. The summed E-state index contributed by atoms with van der Waals surface area (Å²) >= 11 is 0. The minimum absolute atomic E-state index is 0.699. The summed E-state index contributed by atoms with van der Waals surface area (Å²) in [4.78, 5) is 12.5. The number of para-hydroxylation sites is 2. The molecule has 0 N–H and O–H groups in total. The van der Waals surface area contributed by atoms with Crippen molar-refractivity contribution in [3.05, 3.63) is 84.4 Å². The van der Waals surface area contributed by atoms with Gasteiger partial charge in [0.2, 0.25) is 0 Å². The predicted octanol–water partition coefficient (Wildman–Crippen LogP) is 5.25. The maximum Gasteiger partial charge on any atom is 0.162 e. The summed E-state index contributed by atoms with van der Waals surface area (Å²) in [6.45, 7) is 4.30. The molecule has 4 nitrogen and oxygen atoms in total. The van der Waals surface area contributed by atoms with Crippen LogP contribution in [0.5, 0.6) is 0 Å². The molecule has 0 atom stereocenters. The van der Waals surface area contributed by atoms with E-state index in [-0.39, 0.29) is 0 Å². The summed E-state index contributed by atoms with van der Waals surface area (Å²) in [6, 6.07) is 21.5. The summed E-state index contributed by atoms with van der Waals surface area (Å²) in [5.74, 6) is 0.699. The average Bonchev–Trinajstić information content (AvgIpc) is 3.03. The van der Waals surface area contributed by atoms with Gasteiger partial charge < -0.3 is 4.57 Å². The minimum atomic E-state index is 0.699. The molecule has 0 spiro atoms. The van der Waals surface area contributed by atoms with Crippen LogP contribution in [0.4, 0.5) is 0 Å². The maximum absolute atomic E-state index is 4.29. The second kappa shape index (κ2) is 6.02. The zero-order valence-corrected chi connectivity index (χ0v) is 15.2. The van der Waals surface area contributed by atoms with Crippen LogP contribution >= 0.6 is 0 Å². The van der Waals surface area contributed by atoms with Gasteiger partial charge in [0.25, 0.3) is 0 Å². The lowest BCUT2D eigenvalue weighted by Crippen LogP contribution is -2.01. The first-order valence-electron chi connectivity index (χ1n) is 8.96. The molecule has 0 aliphatic rings. The predicted molar refractivity (Wildman–Crippen MR) is 109 cm³/mol. The molecule has 5 aromatic rings. The first kappa shape index (κ1) is 15.7. The van der Waals surface area contributed by atoms with Gasteiger partial charge in [-0.15, -0.1) is 0 Å². The van der Waals surface area contributed by atoms with Crippen LogP contribution in [0.3, 0.4) is 0 Å². The average molecular weight is 350 g/mol. The Morgan fingerprint density at radius 3 is 1.78 bits per heavy atom. The lowest BCUT2D eigenvalue weighted by molar-refractivity contribution is 1.05. The number of fused-ring (bicyclic) bond motifs is 3. The Labute approximate surface area is 157 Å². The van der Waals surface area contributed by atoms with Gasteiger partial charge in [0.15, 0.2) is 5.82 Å². The molecule has 3 aromatic carbocycles. The highest BCUT2D eigenvalue weighted by molar-refractivity contribution is 6.09. The van der Waals surface area contributed by atoms with Crippen molar-refractivity contribution in [2.75, 3.05) is 0 Å². The van der Waals surface area contributed by atoms with Gasteiger partial charge in [0.05, 0.1) is 16.7 Å². The van der Waals surface area contributed by atoms with E-state index >= 15 is 0 Å².